The zero-order valence-electron chi connectivity index (χ0n) is 36.1. The van der Waals surface area contributed by atoms with Crippen molar-refractivity contribution in [3.05, 3.63) is 41.4 Å². The molecule has 14 nitrogen and oxygen atoms in total. The molecule has 6 rings (SSSR count). The van der Waals surface area contributed by atoms with Crippen molar-refractivity contribution in [1.82, 2.24) is 9.88 Å². The summed E-state index contributed by atoms with van der Waals surface area (Å²) in [6.45, 7) is 14.9. The molecule has 0 amide bonds. The van der Waals surface area contributed by atoms with Crippen LogP contribution in [0.5, 0.6) is 0 Å². The van der Waals surface area contributed by atoms with Gasteiger partial charge in [0.25, 0.3) is 0 Å². The molecule has 1 aromatic heterocycles. The van der Waals surface area contributed by atoms with Gasteiger partial charge in [0.2, 0.25) is 0 Å². The number of carbonyl (C=O) groups is 3. The van der Waals surface area contributed by atoms with Crippen LogP contribution in [-0.2, 0) is 54.2 Å². The number of aliphatic hydroxyl groups excluding tert-OH is 1. The average Bonchev–Trinajstić information content (AvgIpc) is 3.85. The number of aliphatic hydroxyl groups is 1. The van der Waals surface area contributed by atoms with Gasteiger partial charge in [-0.2, -0.15) is 0 Å². The zero-order chi connectivity index (χ0) is 42.8. The van der Waals surface area contributed by atoms with Gasteiger partial charge in [-0.3, -0.25) is 14.4 Å². The highest BCUT2D eigenvalue weighted by atomic mass is 32.1. The Hall–Kier alpha value is -3.31. The molecule has 0 saturated carbocycles. The van der Waals surface area contributed by atoms with Crippen LogP contribution in [0, 0.1) is 29.6 Å². The van der Waals surface area contributed by atoms with E-state index < -0.39 is 83.4 Å². The quantitative estimate of drug-likeness (QED) is 0.250. The fraction of sp³-hybridized carbons (Fsp3) is 0.705. The lowest BCUT2D eigenvalue weighted by Gasteiger charge is -2.48. The van der Waals surface area contributed by atoms with Crippen LogP contribution in [0.2, 0.25) is 0 Å². The number of ketones is 1. The van der Waals surface area contributed by atoms with Crippen LogP contribution in [0.15, 0.2) is 41.0 Å². The number of likely N-dealkylation sites (N-methyl/N-ethyl adjacent to an activating group) is 1. The third-order valence-electron chi connectivity index (χ3n) is 13.1. The maximum Gasteiger partial charge on any atom is 0.311 e. The van der Waals surface area contributed by atoms with Gasteiger partial charge in [0.05, 0.1) is 49.5 Å². The Morgan fingerprint density at radius 3 is 2.49 bits per heavy atom. The second-order valence-corrected chi connectivity index (χ2v) is 18.6. The van der Waals surface area contributed by atoms with Crippen LogP contribution >= 0.6 is 11.3 Å². The van der Waals surface area contributed by atoms with Crippen LogP contribution in [0.4, 0.5) is 0 Å². The van der Waals surface area contributed by atoms with Crippen molar-refractivity contribution >= 4 is 34.8 Å². The van der Waals surface area contributed by atoms with E-state index in [0.29, 0.717) is 18.6 Å². The molecule has 59 heavy (non-hydrogen) atoms. The van der Waals surface area contributed by atoms with Gasteiger partial charge >= 0.3 is 11.9 Å². The number of oxime groups is 1. The van der Waals surface area contributed by atoms with E-state index in [-0.39, 0.29) is 50.6 Å². The van der Waals surface area contributed by atoms with E-state index in [1.54, 1.807) is 20.0 Å². The molecule has 4 saturated heterocycles. The van der Waals surface area contributed by atoms with Crippen molar-refractivity contribution in [3.8, 4) is 10.6 Å². The van der Waals surface area contributed by atoms with Crippen LogP contribution in [-0.4, -0.2) is 120 Å². The van der Waals surface area contributed by atoms with Crippen molar-refractivity contribution in [3.63, 3.8) is 0 Å². The summed E-state index contributed by atoms with van der Waals surface area (Å²) in [7, 11) is 3.82. The van der Waals surface area contributed by atoms with E-state index in [4.69, 9.17) is 33.3 Å². The lowest BCUT2D eigenvalue weighted by molar-refractivity contribution is -0.302. The third kappa shape index (κ3) is 9.61. The standard InChI is InChI=1S/C44H63N3O11S/c1-11-34-44(8)32(19-35(48)58-44)26(4)36(49)24(2)20-43(7)39(57-42-37(50)33(47(9)10)18-25(3)55-42)27(5)38(28(6)41(51)56-34)52-22-30(23-53-43)46-54-21-29-14-12-13-15-31(29)40-45-16-17-59-40/h12-17,24-28,32-34,37-39,42,50H,11,18-23H2,1-10H3/b46-30-/t24-,25-,26-,27+,28-,32+,33+,34-,37-,38+,39-,42+,43-,44+/m1/s1. The van der Waals surface area contributed by atoms with Crippen molar-refractivity contribution < 1.29 is 52.7 Å². The molecule has 5 heterocycles. The van der Waals surface area contributed by atoms with Crippen molar-refractivity contribution in [2.24, 2.45) is 34.7 Å². The number of ether oxygens (including phenoxy) is 6. The second kappa shape index (κ2) is 18.8. The SMILES string of the molecule is CC[C@H]1OC(=O)[C@H](C)[C@H]2OC/C(=N/OCc3ccccc3-c3nccs3)CO[C@](C)(C[C@@H](C)C(=O)[C@H](C)[C@@H]3CC(=O)O[C@]13C)[C@H](O[C@@H]1O[C@H](C)C[C@H](N(C)C)[C@H]1O)[C@H]2C. The molecule has 1 aromatic carbocycles. The third-order valence-corrected chi connectivity index (χ3v) is 13.9. The maximum absolute atomic E-state index is 14.6. The number of hydrogen-bond donors (Lipinski definition) is 1. The van der Waals surface area contributed by atoms with Crippen LogP contribution in [0.3, 0.4) is 0 Å². The van der Waals surface area contributed by atoms with Crippen molar-refractivity contribution in [1.29, 1.82) is 0 Å². The zero-order valence-corrected chi connectivity index (χ0v) is 36.9. The number of rotatable bonds is 8. The van der Waals surface area contributed by atoms with Gasteiger partial charge in [-0.1, -0.05) is 57.1 Å². The molecule has 1 N–H and O–H groups in total. The summed E-state index contributed by atoms with van der Waals surface area (Å²) in [5, 5.41) is 19.0. The summed E-state index contributed by atoms with van der Waals surface area (Å²) in [5.41, 5.74) is -0.185. The molecular weight excluding hydrogens is 779 g/mol. The molecule has 2 bridgehead atoms. The second-order valence-electron chi connectivity index (χ2n) is 17.7. The summed E-state index contributed by atoms with van der Waals surface area (Å²) >= 11 is 1.54. The summed E-state index contributed by atoms with van der Waals surface area (Å²) in [5.74, 6) is -4.25. The Morgan fingerprint density at radius 2 is 1.80 bits per heavy atom. The Labute approximate surface area is 352 Å². The Bertz CT molecular complexity index is 1810. The number of esters is 2. The molecular formula is C44H63N3O11S. The number of Topliss-reactive ketones (excluding diaryl/α,β-unsaturated/α-hetero) is 1. The van der Waals surface area contributed by atoms with E-state index >= 15 is 0 Å². The largest absolute Gasteiger partial charge is 0.458 e. The Balaban J connectivity index is 1.41. The summed E-state index contributed by atoms with van der Waals surface area (Å²) in [6, 6.07) is 7.59. The first-order valence-electron chi connectivity index (χ1n) is 21.0. The normalized spacial score (nSPS) is 39.5. The fourth-order valence-electron chi connectivity index (χ4n) is 9.81. The number of benzene rings is 1. The number of fused-ring (bicyclic) bond motifs is 4. The summed E-state index contributed by atoms with van der Waals surface area (Å²) < 4.78 is 39.1. The van der Waals surface area contributed by atoms with E-state index in [2.05, 4.69) is 10.1 Å². The minimum absolute atomic E-state index is 0.0261. The molecule has 4 fully saturated rings. The van der Waals surface area contributed by atoms with Gasteiger partial charge in [0, 0.05) is 52.4 Å². The van der Waals surface area contributed by atoms with Gasteiger partial charge in [-0.05, 0) is 61.1 Å². The van der Waals surface area contributed by atoms with E-state index in [9.17, 15) is 19.5 Å². The molecule has 0 aliphatic carbocycles. The molecule has 15 heteroatoms. The van der Waals surface area contributed by atoms with E-state index in [1.165, 1.54) is 11.3 Å². The van der Waals surface area contributed by atoms with Crippen LogP contribution in [0.1, 0.15) is 86.6 Å². The average molecular weight is 842 g/mol. The predicted molar refractivity (Wildman–Crippen MR) is 220 cm³/mol. The molecule has 326 valence electrons. The summed E-state index contributed by atoms with van der Waals surface area (Å²) in [6.07, 6.45) is -1.91. The van der Waals surface area contributed by atoms with Gasteiger partial charge in [0.15, 0.2) is 6.29 Å². The van der Waals surface area contributed by atoms with Gasteiger partial charge < -0.3 is 43.3 Å². The highest BCUT2D eigenvalue weighted by molar-refractivity contribution is 7.13. The van der Waals surface area contributed by atoms with Crippen molar-refractivity contribution in [2.45, 2.75) is 142 Å². The Morgan fingerprint density at radius 1 is 1.05 bits per heavy atom. The molecule has 0 unspecified atom stereocenters. The molecule has 14 atom stereocenters. The van der Waals surface area contributed by atoms with Gasteiger partial charge in [-0.15, -0.1) is 11.3 Å². The smallest absolute Gasteiger partial charge is 0.311 e. The highest BCUT2D eigenvalue weighted by Crippen LogP contribution is 2.46. The molecule has 4 aliphatic heterocycles. The van der Waals surface area contributed by atoms with Gasteiger partial charge in [-0.25, -0.2) is 4.98 Å². The number of hydrogen-bond acceptors (Lipinski definition) is 15. The number of carbonyl (C=O) groups excluding carboxylic acids is 3. The highest BCUT2D eigenvalue weighted by Gasteiger charge is 2.57. The van der Waals surface area contributed by atoms with Crippen LogP contribution in [0.25, 0.3) is 10.6 Å². The molecule has 0 radical (unpaired) electrons. The first-order valence-corrected chi connectivity index (χ1v) is 21.9. The monoisotopic (exact) mass is 841 g/mol. The predicted octanol–water partition coefficient (Wildman–Crippen LogP) is 5.83. The van der Waals surface area contributed by atoms with Crippen molar-refractivity contribution in [2.75, 3.05) is 27.3 Å². The number of nitrogens with zero attached hydrogens (tertiary/aromatic N) is 3. The first kappa shape index (κ1) is 45.2. The summed E-state index contributed by atoms with van der Waals surface area (Å²) in [4.78, 5) is 54.4. The topological polar surface area (TPSA) is 165 Å². The minimum atomic E-state index is -1.24. The maximum atomic E-state index is 14.6. The number of aromatic nitrogens is 1. The van der Waals surface area contributed by atoms with Gasteiger partial charge in [0.1, 0.15) is 40.9 Å². The lowest BCUT2D eigenvalue weighted by atomic mass is 9.70. The molecule has 4 aliphatic rings. The van der Waals surface area contributed by atoms with Crippen LogP contribution < -0.4 is 0 Å². The lowest BCUT2D eigenvalue weighted by Crippen LogP contribution is -2.60. The number of cyclic esters (lactones) is 1. The molecule has 0 spiro atoms. The fourth-order valence-corrected chi connectivity index (χ4v) is 10.5. The first-order chi connectivity index (χ1) is 28.0. The number of thiazole rings is 1. The Kier molecular flexibility index (Phi) is 14.4. The van der Waals surface area contributed by atoms with E-state index in [0.717, 1.165) is 16.1 Å². The van der Waals surface area contributed by atoms with E-state index in [1.807, 2.05) is 90.2 Å². The molecule has 2 aromatic rings. The minimum Gasteiger partial charge on any atom is -0.458 e.